The maximum Gasteiger partial charge on any atom is 0.238 e. The van der Waals surface area contributed by atoms with Crippen LogP contribution in [0.25, 0.3) is 0 Å². The molecule has 1 aliphatic heterocycles. The van der Waals surface area contributed by atoms with Crippen molar-refractivity contribution >= 4 is 11.6 Å². The first-order valence-corrected chi connectivity index (χ1v) is 11.1. The zero-order valence-corrected chi connectivity index (χ0v) is 17.4. The van der Waals surface area contributed by atoms with Crippen molar-refractivity contribution in [1.82, 2.24) is 9.80 Å². The molecule has 2 aliphatic rings. The van der Waals surface area contributed by atoms with Gasteiger partial charge in [0.15, 0.2) is 0 Å². The number of carbonyl (C=O) groups excluding carboxylic acids is 1. The van der Waals surface area contributed by atoms with Crippen molar-refractivity contribution in [2.75, 3.05) is 38.0 Å². The van der Waals surface area contributed by atoms with E-state index in [4.69, 9.17) is 0 Å². The Morgan fingerprint density at radius 3 is 2.17 bits per heavy atom. The highest BCUT2D eigenvalue weighted by Crippen LogP contribution is 2.32. The second-order valence-corrected chi connectivity index (χ2v) is 8.54. The number of nitrogens with one attached hydrogen (secondary N) is 1. The summed E-state index contributed by atoms with van der Waals surface area (Å²) >= 11 is 0. The lowest BCUT2D eigenvalue weighted by molar-refractivity contribution is -0.117. The minimum Gasteiger partial charge on any atom is -0.325 e. The number of hydrogen-bond acceptors (Lipinski definition) is 3. The lowest BCUT2D eigenvalue weighted by Crippen LogP contribution is -2.48. The standard InChI is InChI=1S/C25H33N3O/c29-25(26-24-13-11-23(12-14-24)22-9-5-2-6-10-22)20-28-17-15-27(16-18-28)19-21-7-3-1-4-8-21/h1,3-4,7-8,11-14,22H,2,5-6,9-10,15-20H2,(H,26,29). The first-order chi connectivity index (χ1) is 14.3. The third-order valence-corrected chi connectivity index (χ3v) is 6.35. The first-order valence-electron chi connectivity index (χ1n) is 11.1. The SMILES string of the molecule is O=C(CN1CCN(Cc2ccccc2)CC1)Nc1ccc(C2CCCCC2)cc1. The van der Waals surface area contributed by atoms with Gasteiger partial charge in [-0.3, -0.25) is 14.6 Å². The molecule has 2 fully saturated rings. The summed E-state index contributed by atoms with van der Waals surface area (Å²) < 4.78 is 0. The van der Waals surface area contributed by atoms with Gasteiger partial charge in [-0.1, -0.05) is 61.7 Å². The predicted molar refractivity (Wildman–Crippen MR) is 119 cm³/mol. The van der Waals surface area contributed by atoms with E-state index in [-0.39, 0.29) is 5.91 Å². The van der Waals surface area contributed by atoms with Gasteiger partial charge in [0, 0.05) is 38.4 Å². The van der Waals surface area contributed by atoms with E-state index in [1.54, 1.807) is 0 Å². The molecular weight excluding hydrogens is 358 g/mol. The predicted octanol–water partition coefficient (Wildman–Crippen LogP) is 4.49. The molecule has 0 spiro atoms. The molecule has 154 valence electrons. The van der Waals surface area contributed by atoms with E-state index >= 15 is 0 Å². The van der Waals surface area contributed by atoms with Crippen molar-refractivity contribution in [3.8, 4) is 0 Å². The highest BCUT2D eigenvalue weighted by Gasteiger charge is 2.19. The van der Waals surface area contributed by atoms with Crippen molar-refractivity contribution in [2.24, 2.45) is 0 Å². The molecule has 4 heteroatoms. The lowest BCUT2D eigenvalue weighted by Gasteiger charge is -2.34. The molecule has 1 saturated heterocycles. The van der Waals surface area contributed by atoms with E-state index in [9.17, 15) is 4.79 Å². The Kier molecular flexibility index (Phi) is 6.96. The molecule has 4 nitrogen and oxygen atoms in total. The van der Waals surface area contributed by atoms with Gasteiger partial charge in [-0.15, -0.1) is 0 Å². The molecule has 29 heavy (non-hydrogen) atoms. The van der Waals surface area contributed by atoms with Gasteiger partial charge in [-0.2, -0.15) is 0 Å². The Hall–Kier alpha value is -2.17. The fourth-order valence-corrected chi connectivity index (χ4v) is 4.63. The van der Waals surface area contributed by atoms with Gasteiger partial charge in [0.25, 0.3) is 0 Å². The average Bonchev–Trinajstić information content (AvgIpc) is 2.77. The zero-order valence-electron chi connectivity index (χ0n) is 17.4. The Morgan fingerprint density at radius 2 is 1.48 bits per heavy atom. The Labute approximate surface area is 174 Å². The number of hydrogen-bond donors (Lipinski definition) is 1. The summed E-state index contributed by atoms with van der Waals surface area (Å²) in [5, 5.41) is 3.08. The smallest absolute Gasteiger partial charge is 0.238 e. The number of piperazine rings is 1. The number of amides is 1. The quantitative estimate of drug-likeness (QED) is 0.788. The molecule has 0 unspecified atom stereocenters. The third kappa shape index (κ3) is 5.91. The molecule has 1 saturated carbocycles. The van der Waals surface area contributed by atoms with Gasteiger partial charge in [-0.05, 0) is 42.0 Å². The van der Waals surface area contributed by atoms with E-state index < -0.39 is 0 Å². The van der Waals surface area contributed by atoms with Crippen LogP contribution in [0.5, 0.6) is 0 Å². The van der Waals surface area contributed by atoms with Crippen LogP contribution >= 0.6 is 0 Å². The Balaban J connectivity index is 1.20. The summed E-state index contributed by atoms with van der Waals surface area (Å²) in [5.41, 5.74) is 3.70. The molecule has 0 bridgehead atoms. The molecule has 2 aromatic carbocycles. The normalized spacial score (nSPS) is 19.2. The second-order valence-electron chi connectivity index (χ2n) is 8.54. The van der Waals surface area contributed by atoms with E-state index in [0.29, 0.717) is 12.5 Å². The van der Waals surface area contributed by atoms with Gasteiger partial charge >= 0.3 is 0 Å². The van der Waals surface area contributed by atoms with Gasteiger partial charge in [0.2, 0.25) is 5.91 Å². The molecule has 0 atom stereocenters. The van der Waals surface area contributed by atoms with E-state index in [0.717, 1.165) is 38.4 Å². The number of benzene rings is 2. The van der Waals surface area contributed by atoms with Crippen LogP contribution in [0.3, 0.4) is 0 Å². The minimum atomic E-state index is 0.0897. The maximum atomic E-state index is 12.5. The van der Waals surface area contributed by atoms with Gasteiger partial charge in [-0.25, -0.2) is 0 Å². The monoisotopic (exact) mass is 391 g/mol. The van der Waals surface area contributed by atoms with Crippen LogP contribution < -0.4 is 5.32 Å². The largest absolute Gasteiger partial charge is 0.325 e. The summed E-state index contributed by atoms with van der Waals surface area (Å²) in [6.07, 6.45) is 6.69. The number of rotatable bonds is 6. The Morgan fingerprint density at radius 1 is 0.828 bits per heavy atom. The van der Waals surface area contributed by atoms with Gasteiger partial charge < -0.3 is 5.32 Å². The van der Waals surface area contributed by atoms with E-state index in [2.05, 4.69) is 69.7 Å². The minimum absolute atomic E-state index is 0.0897. The fraction of sp³-hybridized carbons (Fsp3) is 0.480. The van der Waals surface area contributed by atoms with Crippen LogP contribution in [0.15, 0.2) is 54.6 Å². The fourth-order valence-electron chi connectivity index (χ4n) is 4.63. The summed E-state index contributed by atoms with van der Waals surface area (Å²) in [4.78, 5) is 17.2. The highest BCUT2D eigenvalue weighted by atomic mass is 16.2. The topological polar surface area (TPSA) is 35.6 Å². The summed E-state index contributed by atoms with van der Waals surface area (Å²) in [6, 6.07) is 19.2. The van der Waals surface area contributed by atoms with Crippen LogP contribution in [0.4, 0.5) is 5.69 Å². The third-order valence-electron chi connectivity index (χ3n) is 6.35. The summed E-state index contributed by atoms with van der Waals surface area (Å²) in [7, 11) is 0. The van der Waals surface area contributed by atoms with Crippen LogP contribution in [0.1, 0.15) is 49.1 Å². The van der Waals surface area contributed by atoms with Crippen molar-refractivity contribution in [3.05, 3.63) is 65.7 Å². The van der Waals surface area contributed by atoms with E-state index in [1.165, 1.54) is 43.2 Å². The molecule has 4 rings (SSSR count). The van der Waals surface area contributed by atoms with Crippen molar-refractivity contribution < 1.29 is 4.79 Å². The van der Waals surface area contributed by atoms with Crippen LogP contribution in [-0.2, 0) is 11.3 Å². The zero-order chi connectivity index (χ0) is 19.9. The Bertz CT molecular complexity index is 760. The summed E-state index contributed by atoms with van der Waals surface area (Å²) in [5.74, 6) is 0.799. The second kappa shape index (κ2) is 10.0. The number of nitrogens with zero attached hydrogens (tertiary/aromatic N) is 2. The lowest BCUT2D eigenvalue weighted by atomic mass is 9.84. The molecule has 1 aliphatic carbocycles. The number of anilines is 1. The van der Waals surface area contributed by atoms with Gasteiger partial charge in [0.05, 0.1) is 6.54 Å². The van der Waals surface area contributed by atoms with E-state index in [1.807, 2.05) is 0 Å². The maximum absolute atomic E-state index is 12.5. The van der Waals surface area contributed by atoms with Crippen LogP contribution in [-0.4, -0.2) is 48.4 Å². The molecule has 2 aromatic rings. The van der Waals surface area contributed by atoms with Crippen molar-refractivity contribution in [1.29, 1.82) is 0 Å². The number of carbonyl (C=O) groups is 1. The average molecular weight is 392 g/mol. The van der Waals surface area contributed by atoms with Crippen LogP contribution in [0.2, 0.25) is 0 Å². The van der Waals surface area contributed by atoms with Crippen molar-refractivity contribution in [2.45, 2.75) is 44.6 Å². The van der Waals surface area contributed by atoms with Crippen LogP contribution in [0, 0.1) is 0 Å². The molecule has 1 heterocycles. The molecule has 0 aromatic heterocycles. The molecule has 1 amide bonds. The van der Waals surface area contributed by atoms with Crippen molar-refractivity contribution in [3.63, 3.8) is 0 Å². The highest BCUT2D eigenvalue weighted by molar-refractivity contribution is 5.92. The molecule has 0 radical (unpaired) electrons. The van der Waals surface area contributed by atoms with Gasteiger partial charge in [0.1, 0.15) is 0 Å². The summed E-state index contributed by atoms with van der Waals surface area (Å²) in [6.45, 7) is 5.38. The molecule has 1 N–H and O–H groups in total. The first kappa shape index (κ1) is 20.1. The molecular formula is C25H33N3O.